The molecular formula is C6HN5O10. The van der Waals surface area contributed by atoms with E-state index in [0.29, 0.717) is 0 Å². The van der Waals surface area contributed by atoms with E-state index in [1.165, 1.54) is 0 Å². The van der Waals surface area contributed by atoms with Crippen molar-refractivity contribution in [3.63, 3.8) is 0 Å². The molecule has 4 atom stereocenters. The van der Waals surface area contributed by atoms with Gasteiger partial charge < -0.3 is 0 Å². The highest BCUT2D eigenvalue weighted by atomic mass is 16.7. The predicted molar refractivity (Wildman–Crippen MR) is 52.1 cm³/mol. The molecule has 0 aromatic rings. The van der Waals surface area contributed by atoms with Gasteiger partial charge in [-0.3, -0.25) is 50.6 Å². The van der Waals surface area contributed by atoms with Crippen LogP contribution in [0.25, 0.3) is 0 Å². The van der Waals surface area contributed by atoms with Crippen LogP contribution in [0, 0.1) is 56.5 Å². The van der Waals surface area contributed by atoms with Crippen LogP contribution in [0.2, 0.25) is 0 Å². The van der Waals surface area contributed by atoms with Gasteiger partial charge in [-0.05, 0) is 0 Å². The van der Waals surface area contributed by atoms with E-state index in [2.05, 4.69) is 0 Å². The highest BCUT2D eigenvalue weighted by molar-refractivity contribution is 5.86. The number of rotatable bonds is 5. The third kappa shape index (κ3) is 0.424. The Morgan fingerprint density at radius 2 is 0.810 bits per heavy atom. The van der Waals surface area contributed by atoms with Crippen LogP contribution in [0.15, 0.2) is 0 Å². The van der Waals surface area contributed by atoms with Gasteiger partial charge in [-0.2, -0.15) is 0 Å². The van der Waals surface area contributed by atoms with Gasteiger partial charge in [0, 0.05) is 14.8 Å². The van der Waals surface area contributed by atoms with E-state index >= 15 is 0 Å². The van der Waals surface area contributed by atoms with Crippen molar-refractivity contribution in [1.82, 2.24) is 0 Å². The normalized spacial score (nSPS) is 56.1. The van der Waals surface area contributed by atoms with Gasteiger partial charge in [0.05, 0.1) is 9.85 Å². The molecule has 0 spiro atoms. The maximum Gasteiger partial charge on any atom is 0.458 e. The second kappa shape index (κ2) is 2.15. The second-order valence-corrected chi connectivity index (χ2v) is 5.44. The smallest absolute Gasteiger partial charge is 0.263 e. The Morgan fingerprint density at radius 1 is 0.524 bits per heavy atom. The highest BCUT2D eigenvalue weighted by Crippen LogP contribution is 3.12. The first-order valence-corrected chi connectivity index (χ1v) is 5.31. The Balaban J connectivity index is 2.08. The second-order valence-electron chi connectivity index (χ2n) is 5.44. The summed E-state index contributed by atoms with van der Waals surface area (Å²) in [6.45, 7) is 0. The SMILES string of the molecule is O=[N+]([O-])C12C3C1([N+](=O)[O-])C1([N+](=O)[O-])C3([N+](=O)[O-])C21[N+](=O)[O-]. The van der Waals surface area contributed by atoms with E-state index in [1.807, 2.05) is 0 Å². The molecule has 0 bridgehead atoms. The molecule has 15 nitrogen and oxygen atoms in total. The average Bonchev–Trinajstić information content (AvgIpc) is 2.80. The molecule has 4 unspecified atom stereocenters. The van der Waals surface area contributed by atoms with E-state index in [-0.39, 0.29) is 0 Å². The first-order valence-electron chi connectivity index (χ1n) is 5.31. The summed E-state index contributed by atoms with van der Waals surface area (Å²) in [5.74, 6) is -1.92. The zero-order valence-electron chi connectivity index (χ0n) is 9.40. The topological polar surface area (TPSA) is 216 Å². The summed E-state index contributed by atoms with van der Waals surface area (Å²) in [7, 11) is 0. The van der Waals surface area contributed by atoms with Gasteiger partial charge in [0.1, 0.15) is 0 Å². The van der Waals surface area contributed by atoms with Crippen molar-refractivity contribution in [3.8, 4) is 0 Å². The Labute approximate surface area is 110 Å². The number of hydrogen-bond donors (Lipinski definition) is 0. The van der Waals surface area contributed by atoms with Crippen molar-refractivity contribution in [3.05, 3.63) is 50.6 Å². The summed E-state index contributed by atoms with van der Waals surface area (Å²) < 4.78 is 0. The third-order valence-electron chi connectivity index (χ3n) is 5.83. The third-order valence-corrected chi connectivity index (χ3v) is 5.83. The number of nitro groups is 5. The Hall–Kier alpha value is -3.00. The fraction of sp³-hybridized carbons (Fsp3) is 1.00. The summed E-state index contributed by atoms with van der Waals surface area (Å²) in [5, 5.41) is 55.6. The fourth-order valence-corrected chi connectivity index (χ4v) is 5.83. The molecule has 0 saturated heterocycles. The molecule has 0 aromatic heterocycles. The largest absolute Gasteiger partial charge is 0.458 e. The summed E-state index contributed by atoms with van der Waals surface area (Å²) in [6, 6.07) is 0. The molecular weight excluding hydrogens is 302 g/mol. The number of hydrogen-bond acceptors (Lipinski definition) is 10. The lowest BCUT2D eigenvalue weighted by Crippen LogP contribution is -2.74. The molecule has 110 valence electrons. The van der Waals surface area contributed by atoms with Gasteiger partial charge in [-0.15, -0.1) is 0 Å². The molecule has 5 aliphatic carbocycles. The molecule has 15 heteroatoms. The van der Waals surface area contributed by atoms with Crippen LogP contribution in [0.1, 0.15) is 0 Å². The summed E-state index contributed by atoms with van der Waals surface area (Å²) in [5.41, 5.74) is -14.8. The van der Waals surface area contributed by atoms with E-state index in [0.717, 1.165) is 0 Å². The first kappa shape index (κ1) is 11.8. The van der Waals surface area contributed by atoms with Gasteiger partial charge >= 0.3 is 27.7 Å². The maximum atomic E-state index is 11.2. The molecule has 5 saturated carbocycles. The van der Waals surface area contributed by atoms with Crippen molar-refractivity contribution in [2.45, 2.75) is 27.7 Å². The molecule has 0 heterocycles. The van der Waals surface area contributed by atoms with Crippen molar-refractivity contribution in [2.75, 3.05) is 0 Å². The van der Waals surface area contributed by atoms with E-state index in [1.54, 1.807) is 0 Å². The van der Waals surface area contributed by atoms with Gasteiger partial charge in [0.2, 0.25) is 5.92 Å². The molecule has 5 rings (SSSR count). The molecule has 0 amide bonds. The van der Waals surface area contributed by atoms with Gasteiger partial charge in [0.15, 0.2) is 0 Å². The van der Waals surface area contributed by atoms with Crippen molar-refractivity contribution in [2.24, 2.45) is 5.92 Å². The lowest BCUT2D eigenvalue weighted by molar-refractivity contribution is -0.768. The fourth-order valence-electron chi connectivity index (χ4n) is 5.83. The zero-order valence-corrected chi connectivity index (χ0v) is 9.40. The van der Waals surface area contributed by atoms with Crippen LogP contribution in [0.4, 0.5) is 0 Å². The van der Waals surface area contributed by atoms with Crippen LogP contribution >= 0.6 is 0 Å². The summed E-state index contributed by atoms with van der Waals surface area (Å²) in [6.07, 6.45) is 0. The summed E-state index contributed by atoms with van der Waals surface area (Å²) >= 11 is 0. The van der Waals surface area contributed by atoms with Gasteiger partial charge in [-0.1, -0.05) is 0 Å². The van der Waals surface area contributed by atoms with E-state index in [9.17, 15) is 50.6 Å². The lowest BCUT2D eigenvalue weighted by Gasteiger charge is -2.23. The van der Waals surface area contributed by atoms with E-state index in [4.69, 9.17) is 0 Å². The maximum absolute atomic E-state index is 11.2. The Bertz CT molecular complexity index is 673. The molecule has 5 fully saturated rings. The molecule has 5 aliphatic rings. The number of nitrogens with zero attached hydrogens (tertiary/aromatic N) is 5. The van der Waals surface area contributed by atoms with Crippen molar-refractivity contribution in [1.29, 1.82) is 0 Å². The van der Waals surface area contributed by atoms with Crippen molar-refractivity contribution >= 4 is 0 Å². The van der Waals surface area contributed by atoms with Crippen LogP contribution in [-0.4, -0.2) is 52.3 Å². The van der Waals surface area contributed by atoms with Crippen LogP contribution < -0.4 is 0 Å². The Kier molecular flexibility index (Phi) is 1.21. The van der Waals surface area contributed by atoms with Crippen LogP contribution in [0.5, 0.6) is 0 Å². The minimum absolute atomic E-state index is 1.33. The quantitative estimate of drug-likeness (QED) is 0.391. The summed E-state index contributed by atoms with van der Waals surface area (Å²) in [4.78, 5) is 48.7. The minimum atomic E-state index is -3.14. The average molecular weight is 303 g/mol. The Morgan fingerprint density at radius 3 is 1.00 bits per heavy atom. The lowest BCUT2D eigenvalue weighted by atomic mass is 9.76. The van der Waals surface area contributed by atoms with Crippen LogP contribution in [0.3, 0.4) is 0 Å². The molecule has 0 aliphatic heterocycles. The minimum Gasteiger partial charge on any atom is -0.263 e. The predicted octanol–water partition coefficient (Wildman–Crippen LogP) is -2.27. The van der Waals surface area contributed by atoms with Crippen LogP contribution in [-0.2, 0) is 0 Å². The molecule has 0 aromatic carbocycles. The highest BCUT2D eigenvalue weighted by Gasteiger charge is 3.67. The van der Waals surface area contributed by atoms with Crippen molar-refractivity contribution < 1.29 is 24.6 Å². The van der Waals surface area contributed by atoms with Gasteiger partial charge in [-0.25, -0.2) is 0 Å². The zero-order chi connectivity index (χ0) is 16.0. The standard InChI is InChI=1S/C6HN5O10/c12-7(13)2-1-3(2,8(14)15)6(11(20)21)4(1,9(16)17)5(2,6)10(18)19/h1H. The molecule has 21 heavy (non-hydrogen) atoms. The van der Waals surface area contributed by atoms with E-state index < -0.39 is 58.2 Å². The first-order chi connectivity index (χ1) is 9.58. The van der Waals surface area contributed by atoms with Gasteiger partial charge in [0.25, 0.3) is 0 Å². The molecule has 0 N–H and O–H groups in total. The monoisotopic (exact) mass is 303 g/mol. The molecule has 0 radical (unpaired) electrons.